The molecule has 0 spiro atoms. The number of urea groups is 1. The van der Waals surface area contributed by atoms with Crippen molar-refractivity contribution in [1.82, 2.24) is 15.5 Å². The number of aliphatic carboxylic acids is 1. The fraction of sp³-hybridized carbons (Fsp3) is 0.227. The summed E-state index contributed by atoms with van der Waals surface area (Å²) in [6, 6.07) is 7.01. The van der Waals surface area contributed by atoms with Crippen LogP contribution >= 0.6 is 0 Å². The number of aromatic nitrogens is 2. The van der Waals surface area contributed by atoms with Gasteiger partial charge in [0.15, 0.2) is 0 Å². The first-order valence-corrected chi connectivity index (χ1v) is 10.2. The Labute approximate surface area is 192 Å². The van der Waals surface area contributed by atoms with Crippen molar-refractivity contribution in [1.29, 1.82) is 0 Å². The average molecular weight is 473 g/mol. The van der Waals surface area contributed by atoms with E-state index in [1.54, 1.807) is 26.0 Å². The van der Waals surface area contributed by atoms with Crippen LogP contribution in [0, 0.1) is 17.6 Å². The summed E-state index contributed by atoms with van der Waals surface area (Å²) in [5, 5.41) is 20.1. The minimum absolute atomic E-state index is 0.0740. The zero-order chi connectivity index (χ0) is 24.8. The molecule has 0 saturated carbocycles. The van der Waals surface area contributed by atoms with Gasteiger partial charge >= 0.3 is 23.8 Å². The molecule has 0 aliphatic heterocycles. The third kappa shape index (κ3) is 5.91. The van der Waals surface area contributed by atoms with Crippen LogP contribution in [0.15, 0.2) is 47.0 Å². The van der Waals surface area contributed by atoms with E-state index in [2.05, 4.69) is 26.1 Å². The molecule has 3 aromatic rings. The molecule has 4 N–H and O–H groups in total. The maximum atomic E-state index is 13.7. The van der Waals surface area contributed by atoms with Crippen molar-refractivity contribution >= 4 is 29.3 Å². The van der Waals surface area contributed by atoms with E-state index in [4.69, 9.17) is 4.52 Å². The highest BCUT2D eigenvalue weighted by atomic mass is 19.1. The maximum Gasteiger partial charge on any atom is 0.326 e. The van der Waals surface area contributed by atoms with Crippen molar-refractivity contribution < 1.29 is 32.8 Å². The number of benzene rings is 2. The van der Waals surface area contributed by atoms with E-state index < -0.39 is 41.5 Å². The number of hydrogen-bond donors (Lipinski definition) is 4. The molecule has 0 radical (unpaired) electrons. The van der Waals surface area contributed by atoms with E-state index in [9.17, 15) is 28.3 Å². The Balaban J connectivity index is 1.63. The Kier molecular flexibility index (Phi) is 7.51. The lowest BCUT2D eigenvalue weighted by molar-refractivity contribution is -0.140. The Morgan fingerprint density at radius 2 is 1.79 bits per heavy atom. The summed E-state index contributed by atoms with van der Waals surface area (Å²) in [6.45, 7) is 3.51. The Morgan fingerprint density at radius 3 is 2.41 bits per heavy atom. The molecule has 2 aromatic carbocycles. The number of anilines is 2. The number of carbonyl (C=O) groups is 3. The zero-order valence-corrected chi connectivity index (χ0v) is 18.1. The predicted molar refractivity (Wildman–Crippen MR) is 117 cm³/mol. The van der Waals surface area contributed by atoms with Crippen molar-refractivity contribution in [3.63, 3.8) is 0 Å². The fourth-order valence-corrected chi connectivity index (χ4v) is 2.90. The molecule has 0 aliphatic rings. The summed E-state index contributed by atoms with van der Waals surface area (Å²) < 4.78 is 31.6. The van der Waals surface area contributed by atoms with Crippen molar-refractivity contribution in [2.24, 2.45) is 5.92 Å². The maximum absolute atomic E-state index is 13.7. The molecular formula is C22H21F2N5O5. The monoisotopic (exact) mass is 473 g/mol. The van der Waals surface area contributed by atoms with E-state index in [0.717, 1.165) is 12.1 Å². The first kappa shape index (κ1) is 24.3. The van der Waals surface area contributed by atoms with E-state index in [0.29, 0.717) is 23.7 Å². The van der Waals surface area contributed by atoms with Crippen molar-refractivity contribution in [2.75, 3.05) is 10.6 Å². The van der Waals surface area contributed by atoms with Gasteiger partial charge in [0.05, 0.1) is 5.69 Å². The Morgan fingerprint density at radius 1 is 1.09 bits per heavy atom. The predicted octanol–water partition coefficient (Wildman–Crippen LogP) is 3.89. The summed E-state index contributed by atoms with van der Waals surface area (Å²) in [7, 11) is 0. The number of carboxylic acids is 1. The molecule has 1 heterocycles. The van der Waals surface area contributed by atoms with Crippen molar-refractivity contribution in [3.05, 3.63) is 60.0 Å². The van der Waals surface area contributed by atoms with Crippen LogP contribution in [-0.2, 0) is 4.79 Å². The summed E-state index contributed by atoms with van der Waals surface area (Å²) in [6.07, 6.45) is 0.545. The number of rotatable bonds is 8. The van der Waals surface area contributed by atoms with Crippen LogP contribution in [0.2, 0.25) is 0 Å². The minimum atomic E-state index is -1.17. The van der Waals surface area contributed by atoms with Gasteiger partial charge in [-0.2, -0.15) is 4.98 Å². The second-order valence-corrected chi connectivity index (χ2v) is 7.38. The Hall–Kier alpha value is -4.35. The minimum Gasteiger partial charge on any atom is -0.480 e. The van der Waals surface area contributed by atoms with Crippen LogP contribution in [0.25, 0.3) is 11.4 Å². The highest BCUT2D eigenvalue weighted by Crippen LogP contribution is 2.20. The van der Waals surface area contributed by atoms with Crippen LogP contribution < -0.4 is 16.0 Å². The third-order valence-corrected chi connectivity index (χ3v) is 4.97. The van der Waals surface area contributed by atoms with Gasteiger partial charge in [-0.3, -0.25) is 4.79 Å². The normalized spacial score (nSPS) is 12.5. The fourth-order valence-electron chi connectivity index (χ4n) is 2.90. The molecule has 10 nitrogen and oxygen atoms in total. The van der Waals surface area contributed by atoms with Gasteiger partial charge in [-0.1, -0.05) is 25.4 Å². The van der Waals surface area contributed by atoms with Gasteiger partial charge in [-0.05, 0) is 42.3 Å². The van der Waals surface area contributed by atoms with Crippen molar-refractivity contribution in [3.8, 4) is 11.4 Å². The summed E-state index contributed by atoms with van der Waals surface area (Å²) in [4.78, 5) is 39.7. The lowest BCUT2D eigenvalue weighted by Crippen LogP contribution is -2.45. The molecule has 178 valence electrons. The molecule has 3 rings (SSSR count). The van der Waals surface area contributed by atoms with E-state index in [-0.39, 0.29) is 17.4 Å². The van der Waals surface area contributed by atoms with Gasteiger partial charge in [-0.15, -0.1) is 0 Å². The van der Waals surface area contributed by atoms with Gasteiger partial charge in [0, 0.05) is 17.3 Å². The third-order valence-electron chi connectivity index (χ3n) is 4.97. The zero-order valence-electron chi connectivity index (χ0n) is 18.1. The second-order valence-electron chi connectivity index (χ2n) is 7.38. The van der Waals surface area contributed by atoms with E-state index >= 15 is 0 Å². The van der Waals surface area contributed by atoms with Gasteiger partial charge in [-0.25, -0.2) is 18.4 Å². The highest BCUT2D eigenvalue weighted by Gasteiger charge is 2.28. The van der Waals surface area contributed by atoms with Crippen LogP contribution in [0.3, 0.4) is 0 Å². The lowest BCUT2D eigenvalue weighted by atomic mass is 9.99. The van der Waals surface area contributed by atoms with Gasteiger partial charge < -0.3 is 25.6 Å². The van der Waals surface area contributed by atoms with Gasteiger partial charge in [0.1, 0.15) is 17.7 Å². The molecule has 34 heavy (non-hydrogen) atoms. The topological polar surface area (TPSA) is 146 Å². The highest BCUT2D eigenvalue weighted by molar-refractivity contribution is 6.00. The van der Waals surface area contributed by atoms with Gasteiger partial charge in [0.2, 0.25) is 5.82 Å². The number of nitrogens with one attached hydrogen (secondary N) is 3. The molecular weight excluding hydrogens is 452 g/mol. The van der Waals surface area contributed by atoms with Gasteiger partial charge in [0.25, 0.3) is 0 Å². The molecule has 2 atom stereocenters. The molecule has 12 heteroatoms. The smallest absolute Gasteiger partial charge is 0.326 e. The molecule has 0 bridgehead atoms. The summed E-state index contributed by atoms with van der Waals surface area (Å²) >= 11 is 0. The van der Waals surface area contributed by atoms with Crippen LogP contribution in [0.1, 0.15) is 31.0 Å². The largest absolute Gasteiger partial charge is 0.480 e. The first-order valence-electron chi connectivity index (χ1n) is 10.2. The summed E-state index contributed by atoms with van der Waals surface area (Å²) in [5.41, 5.74) is 0.615. The standard InChI is InChI=1S/C22H21F2N5O5/c1-3-11(2)17(21(31)32)27-19(30)20-28-18(29-34-20)12-4-7-14(8-5-12)25-22(33)26-16-9-6-13(23)10-15(16)24/h4-11,17H,3H2,1-2H3,(H,27,30)(H,31,32)(H2,25,26,33). The van der Waals surface area contributed by atoms with E-state index in [1.807, 2.05) is 0 Å². The SMILES string of the molecule is CCC(C)C(NC(=O)c1nc(-c2ccc(NC(=O)Nc3ccc(F)cc3F)cc2)no1)C(=O)O. The molecule has 3 amide bonds. The Bertz CT molecular complexity index is 1200. The first-order chi connectivity index (χ1) is 16.2. The lowest BCUT2D eigenvalue weighted by Gasteiger charge is -2.18. The molecule has 1 aromatic heterocycles. The van der Waals surface area contributed by atoms with Crippen LogP contribution in [0.5, 0.6) is 0 Å². The number of hydrogen-bond acceptors (Lipinski definition) is 6. The van der Waals surface area contributed by atoms with Crippen molar-refractivity contribution in [2.45, 2.75) is 26.3 Å². The quantitative estimate of drug-likeness (QED) is 0.388. The number of amides is 3. The van der Waals surface area contributed by atoms with E-state index in [1.165, 1.54) is 12.1 Å². The molecule has 0 fully saturated rings. The molecule has 0 saturated heterocycles. The second kappa shape index (κ2) is 10.5. The number of carbonyl (C=O) groups excluding carboxylic acids is 2. The molecule has 0 aliphatic carbocycles. The number of carboxylic acid groups (broad SMARTS) is 1. The summed E-state index contributed by atoms with van der Waals surface area (Å²) in [5.74, 6) is -4.29. The van der Waals surface area contributed by atoms with Crippen LogP contribution in [0.4, 0.5) is 25.0 Å². The number of halogens is 2. The number of nitrogens with zero attached hydrogens (tertiary/aromatic N) is 2. The average Bonchev–Trinajstić information content (AvgIpc) is 3.29. The molecule has 2 unspecified atom stereocenters. The van der Waals surface area contributed by atoms with Crippen LogP contribution in [-0.4, -0.2) is 39.2 Å².